The van der Waals surface area contributed by atoms with Crippen molar-refractivity contribution < 1.29 is 8.42 Å². The lowest BCUT2D eigenvalue weighted by atomic mass is 10.3. The van der Waals surface area contributed by atoms with Gasteiger partial charge >= 0.3 is 0 Å². The number of hydrogen-bond acceptors (Lipinski definition) is 3. The lowest BCUT2D eigenvalue weighted by Crippen LogP contribution is -2.24. The predicted molar refractivity (Wildman–Crippen MR) is 67.2 cm³/mol. The first-order chi connectivity index (χ1) is 7.08. The highest BCUT2D eigenvalue weighted by molar-refractivity contribution is 9.10. The van der Waals surface area contributed by atoms with Crippen LogP contribution in [0.4, 0.5) is 0 Å². The monoisotopic (exact) mass is 331 g/mol. The summed E-state index contributed by atoms with van der Waals surface area (Å²) in [5.74, 6) is 0.560. The fraction of sp³-hybridized carbons (Fsp3) is 0.500. The predicted octanol–water partition coefficient (Wildman–Crippen LogP) is 2.81. The zero-order chi connectivity index (χ0) is 11.3. The molecule has 0 fully saturated rings. The van der Waals surface area contributed by atoms with Gasteiger partial charge in [0, 0.05) is 16.9 Å². The summed E-state index contributed by atoms with van der Waals surface area (Å²) >= 11 is 9.89. The molecule has 0 spiro atoms. The normalized spacial score (nSPS) is 11.9. The average Bonchev–Trinajstić information content (AvgIpc) is 2.60. The van der Waals surface area contributed by atoms with E-state index in [2.05, 4.69) is 20.7 Å². The zero-order valence-corrected chi connectivity index (χ0v) is 11.8. The molecule has 1 aromatic heterocycles. The van der Waals surface area contributed by atoms with Crippen LogP contribution in [0.15, 0.2) is 20.1 Å². The van der Waals surface area contributed by atoms with Gasteiger partial charge in [0.15, 0.2) is 0 Å². The molecule has 7 heteroatoms. The Morgan fingerprint density at radius 2 is 2.20 bits per heavy atom. The van der Waals surface area contributed by atoms with E-state index >= 15 is 0 Å². The van der Waals surface area contributed by atoms with E-state index in [1.165, 1.54) is 11.3 Å². The van der Waals surface area contributed by atoms with Crippen LogP contribution in [0.2, 0.25) is 0 Å². The molecule has 0 radical (unpaired) electrons. The van der Waals surface area contributed by atoms with E-state index in [1.807, 2.05) is 0 Å². The molecule has 0 aromatic carbocycles. The van der Waals surface area contributed by atoms with Gasteiger partial charge in [-0.05, 0) is 40.2 Å². The van der Waals surface area contributed by atoms with Crippen molar-refractivity contribution in [1.82, 2.24) is 4.72 Å². The number of unbranched alkanes of at least 4 members (excludes halogenated alkanes) is 1. The van der Waals surface area contributed by atoms with Crippen molar-refractivity contribution in [2.45, 2.75) is 17.1 Å². The molecule has 1 heterocycles. The van der Waals surface area contributed by atoms with E-state index in [4.69, 9.17) is 11.6 Å². The lowest BCUT2D eigenvalue weighted by Gasteiger charge is -2.04. The van der Waals surface area contributed by atoms with E-state index < -0.39 is 10.0 Å². The van der Waals surface area contributed by atoms with Gasteiger partial charge in [0.2, 0.25) is 0 Å². The third-order valence-electron chi connectivity index (χ3n) is 1.68. The first-order valence-electron chi connectivity index (χ1n) is 4.36. The Morgan fingerprint density at radius 1 is 1.47 bits per heavy atom. The van der Waals surface area contributed by atoms with Gasteiger partial charge in [-0.25, -0.2) is 13.1 Å². The second kappa shape index (κ2) is 6.20. The first-order valence-corrected chi connectivity index (χ1v) is 8.05. The average molecular weight is 333 g/mol. The van der Waals surface area contributed by atoms with Gasteiger partial charge in [-0.1, -0.05) is 0 Å². The molecular weight excluding hydrogens is 322 g/mol. The Kier molecular flexibility index (Phi) is 5.56. The highest BCUT2D eigenvalue weighted by Gasteiger charge is 2.17. The van der Waals surface area contributed by atoms with Crippen molar-refractivity contribution in [2.24, 2.45) is 0 Å². The van der Waals surface area contributed by atoms with Crippen LogP contribution in [0.3, 0.4) is 0 Å². The van der Waals surface area contributed by atoms with Crippen LogP contribution in [0.1, 0.15) is 12.8 Å². The Labute approximate surface area is 107 Å². The summed E-state index contributed by atoms with van der Waals surface area (Å²) in [7, 11) is -3.35. The number of halogens is 2. The third-order valence-corrected chi connectivity index (χ3v) is 6.08. The van der Waals surface area contributed by atoms with Gasteiger partial charge in [0.25, 0.3) is 10.0 Å². The van der Waals surface area contributed by atoms with Crippen LogP contribution >= 0.6 is 38.9 Å². The SMILES string of the molecule is O=S(=O)(NCCCCCl)c1sccc1Br. The number of hydrogen-bond donors (Lipinski definition) is 1. The minimum absolute atomic E-state index is 0.327. The molecule has 0 aliphatic rings. The molecule has 15 heavy (non-hydrogen) atoms. The van der Waals surface area contributed by atoms with Gasteiger partial charge in [0.05, 0.1) is 0 Å². The summed E-state index contributed by atoms with van der Waals surface area (Å²) < 4.78 is 26.9. The highest BCUT2D eigenvalue weighted by atomic mass is 79.9. The number of rotatable bonds is 6. The Bertz CT molecular complexity index is 405. The molecule has 0 unspecified atom stereocenters. The van der Waals surface area contributed by atoms with Gasteiger partial charge < -0.3 is 0 Å². The van der Waals surface area contributed by atoms with E-state index in [-0.39, 0.29) is 0 Å². The molecule has 0 saturated heterocycles. The molecule has 0 aliphatic carbocycles. The second-order valence-electron chi connectivity index (χ2n) is 2.85. The largest absolute Gasteiger partial charge is 0.251 e. The van der Waals surface area contributed by atoms with Crippen molar-refractivity contribution in [3.8, 4) is 0 Å². The van der Waals surface area contributed by atoms with E-state index in [1.54, 1.807) is 11.4 Å². The minimum Gasteiger partial charge on any atom is -0.210 e. The summed E-state index contributed by atoms with van der Waals surface area (Å²) in [5.41, 5.74) is 0. The van der Waals surface area contributed by atoms with E-state index in [0.29, 0.717) is 21.1 Å². The lowest BCUT2D eigenvalue weighted by molar-refractivity contribution is 0.580. The van der Waals surface area contributed by atoms with Crippen molar-refractivity contribution in [3.63, 3.8) is 0 Å². The number of alkyl halides is 1. The highest BCUT2D eigenvalue weighted by Crippen LogP contribution is 2.27. The number of thiophene rings is 1. The maximum Gasteiger partial charge on any atom is 0.251 e. The summed E-state index contributed by atoms with van der Waals surface area (Å²) in [5, 5.41) is 1.73. The molecule has 1 aromatic rings. The first kappa shape index (κ1) is 13.4. The summed E-state index contributed by atoms with van der Waals surface area (Å²) in [6, 6.07) is 1.72. The van der Waals surface area contributed by atoms with Crippen LogP contribution in [0, 0.1) is 0 Å². The zero-order valence-electron chi connectivity index (χ0n) is 7.87. The second-order valence-corrected chi connectivity index (χ2v) is 6.96. The molecule has 1 rings (SSSR count). The third kappa shape index (κ3) is 4.03. The summed E-state index contributed by atoms with van der Waals surface area (Å²) in [4.78, 5) is 0. The molecular formula is C8H11BrClNO2S2. The van der Waals surface area contributed by atoms with Crippen molar-refractivity contribution in [2.75, 3.05) is 12.4 Å². The summed E-state index contributed by atoms with van der Waals surface area (Å²) in [6.45, 7) is 0.430. The fourth-order valence-electron chi connectivity index (χ4n) is 0.963. The maximum absolute atomic E-state index is 11.7. The van der Waals surface area contributed by atoms with Crippen LogP contribution in [-0.4, -0.2) is 20.8 Å². The Balaban J connectivity index is 2.57. The van der Waals surface area contributed by atoms with Gasteiger partial charge in [-0.3, -0.25) is 0 Å². The molecule has 0 amide bonds. The van der Waals surface area contributed by atoms with Crippen LogP contribution in [0.25, 0.3) is 0 Å². The molecule has 0 saturated carbocycles. The maximum atomic E-state index is 11.7. The van der Waals surface area contributed by atoms with Crippen molar-refractivity contribution >= 4 is 48.9 Å². The van der Waals surface area contributed by atoms with Gasteiger partial charge in [-0.2, -0.15) is 0 Å². The Morgan fingerprint density at radius 3 is 2.73 bits per heavy atom. The fourth-order valence-corrected chi connectivity index (χ4v) is 4.61. The van der Waals surface area contributed by atoms with Crippen LogP contribution in [0.5, 0.6) is 0 Å². The van der Waals surface area contributed by atoms with Crippen LogP contribution < -0.4 is 4.72 Å². The summed E-state index contributed by atoms with van der Waals surface area (Å²) in [6.07, 6.45) is 1.57. The topological polar surface area (TPSA) is 46.2 Å². The quantitative estimate of drug-likeness (QED) is 0.643. The molecule has 0 atom stereocenters. The molecule has 0 aliphatic heterocycles. The number of nitrogens with one attached hydrogen (secondary N) is 1. The van der Waals surface area contributed by atoms with Gasteiger partial charge in [0.1, 0.15) is 4.21 Å². The number of sulfonamides is 1. The molecule has 86 valence electrons. The van der Waals surface area contributed by atoms with Crippen molar-refractivity contribution in [3.05, 3.63) is 15.9 Å². The van der Waals surface area contributed by atoms with Crippen LogP contribution in [-0.2, 0) is 10.0 Å². The van der Waals surface area contributed by atoms with Gasteiger partial charge in [-0.15, -0.1) is 22.9 Å². The Hall–Kier alpha value is 0.380. The minimum atomic E-state index is -3.35. The smallest absolute Gasteiger partial charge is 0.210 e. The molecule has 1 N–H and O–H groups in total. The van der Waals surface area contributed by atoms with E-state index in [9.17, 15) is 8.42 Å². The molecule has 0 bridgehead atoms. The van der Waals surface area contributed by atoms with E-state index in [0.717, 1.165) is 12.8 Å². The standard InChI is InChI=1S/C8H11BrClNO2S2/c9-7-3-6-14-8(7)15(12,13)11-5-2-1-4-10/h3,6,11H,1-2,4-5H2. The molecule has 3 nitrogen and oxygen atoms in total. The van der Waals surface area contributed by atoms with Crippen molar-refractivity contribution in [1.29, 1.82) is 0 Å².